The van der Waals surface area contributed by atoms with E-state index in [1.807, 2.05) is 23.1 Å². The standard InChI is InChI=1S/C21H20F2N2O2S/c22-17-7-6-15(9-18(17)23)28-12-20(26)24-14-8-21(27)25(11-14)19-10-16(19)13-4-2-1-3-5-13/h1-7,9,14,16,19H,8,10-12H2,(H,24,26)/t14-,16-,19-/m1/s1. The Balaban J connectivity index is 1.26. The van der Waals surface area contributed by atoms with Gasteiger partial charge in [-0.05, 0) is 30.2 Å². The Morgan fingerprint density at radius 1 is 1.14 bits per heavy atom. The summed E-state index contributed by atoms with van der Waals surface area (Å²) in [5.74, 6) is -1.52. The number of nitrogens with one attached hydrogen (secondary N) is 1. The van der Waals surface area contributed by atoms with E-state index in [4.69, 9.17) is 0 Å². The van der Waals surface area contributed by atoms with Crippen LogP contribution in [-0.4, -0.2) is 41.1 Å². The van der Waals surface area contributed by atoms with Crippen molar-refractivity contribution in [2.45, 2.75) is 35.7 Å². The molecule has 0 radical (unpaired) electrons. The molecule has 1 aliphatic heterocycles. The first-order valence-corrected chi connectivity index (χ1v) is 10.2. The largest absolute Gasteiger partial charge is 0.350 e. The Bertz CT molecular complexity index is 893. The fraction of sp³-hybridized carbons (Fsp3) is 0.333. The van der Waals surface area contributed by atoms with Crippen molar-refractivity contribution in [3.63, 3.8) is 0 Å². The third-order valence-electron chi connectivity index (χ3n) is 5.17. The van der Waals surface area contributed by atoms with Crippen LogP contribution in [0, 0.1) is 11.6 Å². The van der Waals surface area contributed by atoms with E-state index in [-0.39, 0.29) is 29.7 Å². The summed E-state index contributed by atoms with van der Waals surface area (Å²) in [7, 11) is 0. The second kappa shape index (κ2) is 7.91. The van der Waals surface area contributed by atoms with Crippen LogP contribution >= 0.6 is 11.8 Å². The van der Waals surface area contributed by atoms with Crippen molar-refractivity contribution in [3.8, 4) is 0 Å². The lowest BCUT2D eigenvalue weighted by molar-refractivity contribution is -0.128. The lowest BCUT2D eigenvalue weighted by Gasteiger charge is -2.17. The summed E-state index contributed by atoms with van der Waals surface area (Å²) < 4.78 is 26.2. The number of rotatable bonds is 6. The third-order valence-corrected chi connectivity index (χ3v) is 6.16. The molecule has 146 valence electrons. The second-order valence-corrected chi connectivity index (χ2v) is 8.25. The zero-order chi connectivity index (χ0) is 19.7. The van der Waals surface area contributed by atoms with Crippen LogP contribution in [0.4, 0.5) is 8.78 Å². The molecule has 0 unspecified atom stereocenters. The molecule has 3 atom stereocenters. The van der Waals surface area contributed by atoms with E-state index < -0.39 is 11.6 Å². The highest BCUT2D eigenvalue weighted by atomic mass is 32.2. The van der Waals surface area contributed by atoms with Gasteiger partial charge in [0.2, 0.25) is 11.8 Å². The summed E-state index contributed by atoms with van der Waals surface area (Å²) >= 11 is 1.14. The third kappa shape index (κ3) is 4.19. The lowest BCUT2D eigenvalue weighted by Crippen LogP contribution is -2.38. The number of thioether (sulfide) groups is 1. The van der Waals surface area contributed by atoms with Gasteiger partial charge in [0.25, 0.3) is 0 Å². The average molecular weight is 402 g/mol. The topological polar surface area (TPSA) is 49.4 Å². The zero-order valence-electron chi connectivity index (χ0n) is 15.1. The van der Waals surface area contributed by atoms with Crippen molar-refractivity contribution < 1.29 is 18.4 Å². The molecule has 0 bridgehead atoms. The number of amides is 2. The van der Waals surface area contributed by atoms with E-state index in [0.717, 1.165) is 30.3 Å². The number of carbonyl (C=O) groups is 2. The number of likely N-dealkylation sites (tertiary alicyclic amines) is 1. The molecule has 4 rings (SSSR count). The molecule has 2 aromatic carbocycles. The van der Waals surface area contributed by atoms with Gasteiger partial charge in [0.15, 0.2) is 11.6 Å². The fourth-order valence-electron chi connectivity index (χ4n) is 3.72. The van der Waals surface area contributed by atoms with Crippen LogP contribution in [0.1, 0.15) is 24.3 Å². The Morgan fingerprint density at radius 2 is 1.93 bits per heavy atom. The van der Waals surface area contributed by atoms with Gasteiger partial charge in [0.1, 0.15) is 0 Å². The molecular formula is C21H20F2N2O2S. The summed E-state index contributed by atoms with van der Waals surface area (Å²) in [6, 6.07) is 13.7. The molecule has 2 aromatic rings. The predicted octanol–water partition coefficient (Wildman–Crippen LogP) is 3.33. The summed E-state index contributed by atoms with van der Waals surface area (Å²) in [6.45, 7) is 0.522. The van der Waals surface area contributed by atoms with Gasteiger partial charge in [-0.25, -0.2) is 8.78 Å². The number of benzene rings is 2. The van der Waals surface area contributed by atoms with Gasteiger partial charge in [-0.3, -0.25) is 9.59 Å². The number of hydrogen-bond acceptors (Lipinski definition) is 3. The van der Waals surface area contributed by atoms with E-state index in [0.29, 0.717) is 23.8 Å². The monoisotopic (exact) mass is 402 g/mol. The van der Waals surface area contributed by atoms with Gasteiger partial charge in [-0.2, -0.15) is 0 Å². The summed E-state index contributed by atoms with van der Waals surface area (Å²) in [6.07, 6.45) is 1.27. The van der Waals surface area contributed by atoms with Gasteiger partial charge < -0.3 is 10.2 Å². The maximum atomic E-state index is 13.2. The Morgan fingerprint density at radius 3 is 2.68 bits per heavy atom. The number of hydrogen-bond donors (Lipinski definition) is 1. The van der Waals surface area contributed by atoms with Crippen molar-refractivity contribution in [1.82, 2.24) is 10.2 Å². The highest BCUT2D eigenvalue weighted by Gasteiger charge is 2.47. The molecule has 28 heavy (non-hydrogen) atoms. The number of nitrogens with zero attached hydrogens (tertiary/aromatic N) is 1. The lowest BCUT2D eigenvalue weighted by atomic mass is 10.1. The molecule has 4 nitrogen and oxygen atoms in total. The molecule has 1 heterocycles. The van der Waals surface area contributed by atoms with Crippen molar-refractivity contribution in [2.75, 3.05) is 12.3 Å². The predicted molar refractivity (Wildman–Crippen MR) is 103 cm³/mol. The summed E-state index contributed by atoms with van der Waals surface area (Å²) in [4.78, 5) is 26.9. The van der Waals surface area contributed by atoms with Crippen LogP contribution in [-0.2, 0) is 9.59 Å². The van der Waals surface area contributed by atoms with Crippen molar-refractivity contribution in [3.05, 3.63) is 65.7 Å². The average Bonchev–Trinajstić information content (AvgIpc) is 3.40. The second-order valence-electron chi connectivity index (χ2n) is 7.20. The van der Waals surface area contributed by atoms with E-state index in [1.54, 1.807) is 0 Å². The van der Waals surface area contributed by atoms with Gasteiger partial charge in [-0.1, -0.05) is 30.3 Å². The minimum Gasteiger partial charge on any atom is -0.350 e. The fourth-order valence-corrected chi connectivity index (χ4v) is 4.45. The maximum absolute atomic E-state index is 13.2. The molecule has 1 aliphatic carbocycles. The highest BCUT2D eigenvalue weighted by molar-refractivity contribution is 8.00. The molecule has 2 fully saturated rings. The highest BCUT2D eigenvalue weighted by Crippen LogP contribution is 2.45. The van der Waals surface area contributed by atoms with Gasteiger partial charge in [-0.15, -0.1) is 11.8 Å². The number of halogens is 2. The molecule has 2 amide bonds. The van der Waals surface area contributed by atoms with E-state index in [9.17, 15) is 18.4 Å². The van der Waals surface area contributed by atoms with Gasteiger partial charge in [0.05, 0.1) is 11.8 Å². The maximum Gasteiger partial charge on any atom is 0.230 e. The molecule has 7 heteroatoms. The molecule has 2 aliphatic rings. The molecule has 1 N–H and O–H groups in total. The smallest absolute Gasteiger partial charge is 0.230 e. The van der Waals surface area contributed by atoms with Crippen LogP contribution in [0.2, 0.25) is 0 Å². The Kier molecular flexibility index (Phi) is 5.35. The first-order chi connectivity index (χ1) is 13.5. The van der Waals surface area contributed by atoms with Crippen LogP contribution in [0.5, 0.6) is 0 Å². The molecule has 1 saturated heterocycles. The first kappa shape index (κ1) is 18.9. The summed E-state index contributed by atoms with van der Waals surface area (Å²) in [5.41, 5.74) is 1.25. The van der Waals surface area contributed by atoms with Crippen LogP contribution in [0.15, 0.2) is 53.4 Å². The number of carbonyl (C=O) groups excluding carboxylic acids is 2. The van der Waals surface area contributed by atoms with Crippen LogP contribution in [0.3, 0.4) is 0 Å². The minimum atomic E-state index is -0.931. The zero-order valence-corrected chi connectivity index (χ0v) is 15.9. The van der Waals surface area contributed by atoms with Crippen molar-refractivity contribution >= 4 is 23.6 Å². The van der Waals surface area contributed by atoms with E-state index >= 15 is 0 Å². The minimum absolute atomic E-state index is 0.0713. The Hall–Kier alpha value is -2.41. The van der Waals surface area contributed by atoms with Gasteiger partial charge in [0, 0.05) is 29.8 Å². The normalized spacial score (nSPS) is 23.7. The van der Waals surface area contributed by atoms with Crippen LogP contribution in [0.25, 0.3) is 0 Å². The van der Waals surface area contributed by atoms with E-state index in [1.165, 1.54) is 11.6 Å². The molecule has 1 saturated carbocycles. The van der Waals surface area contributed by atoms with Crippen LogP contribution < -0.4 is 5.32 Å². The van der Waals surface area contributed by atoms with Gasteiger partial charge >= 0.3 is 0 Å². The van der Waals surface area contributed by atoms with E-state index in [2.05, 4.69) is 17.4 Å². The molecular weight excluding hydrogens is 382 g/mol. The first-order valence-electron chi connectivity index (χ1n) is 9.23. The SMILES string of the molecule is O=C(CSc1ccc(F)c(F)c1)N[C@@H]1CC(=O)N([C@@H]2C[C@@H]2c2ccccc2)C1. The van der Waals surface area contributed by atoms with Crippen molar-refractivity contribution in [1.29, 1.82) is 0 Å². The quantitative estimate of drug-likeness (QED) is 0.754. The molecule has 0 aromatic heterocycles. The summed E-state index contributed by atoms with van der Waals surface area (Å²) in [5, 5.41) is 2.88. The Labute approximate surface area is 166 Å². The van der Waals surface area contributed by atoms with Crippen molar-refractivity contribution in [2.24, 2.45) is 0 Å². The molecule has 0 spiro atoms.